The molecule has 112 valence electrons. The average molecular weight is 305 g/mol. The Kier molecular flexibility index (Phi) is 5.89. The summed E-state index contributed by atoms with van der Waals surface area (Å²) >= 11 is 0. The van der Waals surface area contributed by atoms with Gasteiger partial charge in [0, 0.05) is 18.7 Å². The number of nitrogens with two attached hydrogens (primary N) is 1. The van der Waals surface area contributed by atoms with Crippen molar-refractivity contribution in [3.8, 4) is 0 Å². The van der Waals surface area contributed by atoms with E-state index < -0.39 is 11.6 Å². The number of rotatable bonds is 3. The molecule has 0 aromatic heterocycles. The van der Waals surface area contributed by atoms with Crippen molar-refractivity contribution in [2.45, 2.75) is 25.8 Å². The molecule has 1 saturated heterocycles. The highest BCUT2D eigenvalue weighted by atomic mass is 35.5. The van der Waals surface area contributed by atoms with E-state index in [1.165, 1.54) is 12.1 Å². The van der Waals surface area contributed by atoms with Crippen LogP contribution in [-0.4, -0.2) is 29.9 Å². The third-order valence-electron chi connectivity index (χ3n) is 3.67. The van der Waals surface area contributed by atoms with Gasteiger partial charge in [-0.25, -0.2) is 8.78 Å². The second kappa shape index (κ2) is 6.99. The molecule has 1 heterocycles. The van der Waals surface area contributed by atoms with Crippen LogP contribution in [0, 0.1) is 17.6 Å². The third-order valence-corrected chi connectivity index (χ3v) is 3.67. The summed E-state index contributed by atoms with van der Waals surface area (Å²) in [6, 6.07) is 3.43. The Bertz CT molecular complexity index is 484. The number of halogens is 3. The topological polar surface area (TPSA) is 46.3 Å². The summed E-state index contributed by atoms with van der Waals surface area (Å²) in [7, 11) is 0. The first-order valence-electron chi connectivity index (χ1n) is 6.44. The highest BCUT2D eigenvalue weighted by Gasteiger charge is 2.31. The first kappa shape index (κ1) is 16.9. The fourth-order valence-corrected chi connectivity index (χ4v) is 2.59. The lowest BCUT2D eigenvalue weighted by Gasteiger charge is -2.21. The minimum Gasteiger partial charge on any atom is -0.339 e. The fourth-order valence-electron chi connectivity index (χ4n) is 2.59. The largest absolute Gasteiger partial charge is 0.339 e. The van der Waals surface area contributed by atoms with E-state index in [4.69, 9.17) is 5.73 Å². The van der Waals surface area contributed by atoms with Crippen molar-refractivity contribution < 1.29 is 13.6 Å². The van der Waals surface area contributed by atoms with Gasteiger partial charge in [0.2, 0.25) is 5.91 Å². The van der Waals surface area contributed by atoms with Gasteiger partial charge in [0.25, 0.3) is 0 Å². The van der Waals surface area contributed by atoms with Crippen LogP contribution < -0.4 is 5.73 Å². The van der Waals surface area contributed by atoms with Crippen LogP contribution in [0.4, 0.5) is 8.78 Å². The van der Waals surface area contributed by atoms with E-state index in [1.54, 1.807) is 4.90 Å². The van der Waals surface area contributed by atoms with E-state index in [0.29, 0.717) is 19.0 Å². The number of likely N-dealkylation sites (tertiary alicyclic amines) is 1. The van der Waals surface area contributed by atoms with Gasteiger partial charge in [0.05, 0.1) is 6.42 Å². The van der Waals surface area contributed by atoms with Gasteiger partial charge in [-0.15, -0.1) is 12.4 Å². The Morgan fingerprint density at radius 2 is 2.15 bits per heavy atom. The van der Waals surface area contributed by atoms with Crippen molar-refractivity contribution in [1.29, 1.82) is 0 Å². The molecular weight excluding hydrogens is 286 g/mol. The highest BCUT2D eigenvalue weighted by Crippen LogP contribution is 2.23. The summed E-state index contributed by atoms with van der Waals surface area (Å²) in [5.41, 5.74) is 5.84. The van der Waals surface area contributed by atoms with Crippen molar-refractivity contribution in [1.82, 2.24) is 4.90 Å². The zero-order valence-corrected chi connectivity index (χ0v) is 12.1. The third kappa shape index (κ3) is 3.67. The molecule has 6 heteroatoms. The van der Waals surface area contributed by atoms with E-state index in [0.717, 1.165) is 12.5 Å². The van der Waals surface area contributed by atoms with Gasteiger partial charge in [-0.05, 0) is 37.4 Å². The average Bonchev–Trinajstić information content (AvgIpc) is 2.74. The van der Waals surface area contributed by atoms with Crippen LogP contribution in [0.15, 0.2) is 18.2 Å². The molecule has 1 aliphatic rings. The second-order valence-electron chi connectivity index (χ2n) is 5.15. The number of hydrogen-bond donors (Lipinski definition) is 1. The van der Waals surface area contributed by atoms with Crippen LogP contribution in [0.1, 0.15) is 18.9 Å². The smallest absolute Gasteiger partial charge is 0.227 e. The lowest BCUT2D eigenvalue weighted by molar-refractivity contribution is -0.131. The summed E-state index contributed by atoms with van der Waals surface area (Å²) in [6.07, 6.45) is 0.849. The summed E-state index contributed by atoms with van der Waals surface area (Å²) in [5, 5.41) is 0. The number of carbonyl (C=O) groups excluding carboxylic acids is 1. The summed E-state index contributed by atoms with van der Waals surface area (Å²) in [5.74, 6) is -1.12. The monoisotopic (exact) mass is 304 g/mol. The van der Waals surface area contributed by atoms with Crippen molar-refractivity contribution >= 4 is 18.3 Å². The normalized spacial score (nSPS) is 21.7. The predicted octanol–water partition coefficient (Wildman–Crippen LogP) is 2.12. The van der Waals surface area contributed by atoms with Crippen molar-refractivity contribution in [3.05, 3.63) is 35.4 Å². The van der Waals surface area contributed by atoms with Crippen molar-refractivity contribution in [3.63, 3.8) is 0 Å². The molecule has 2 rings (SSSR count). The zero-order chi connectivity index (χ0) is 14.0. The number of benzene rings is 1. The molecule has 1 fully saturated rings. The van der Waals surface area contributed by atoms with Gasteiger partial charge in [-0.1, -0.05) is 6.07 Å². The van der Waals surface area contributed by atoms with E-state index in [1.807, 2.05) is 6.92 Å². The Morgan fingerprint density at radius 1 is 1.45 bits per heavy atom. The quantitative estimate of drug-likeness (QED) is 0.930. The van der Waals surface area contributed by atoms with Crippen LogP contribution in [0.2, 0.25) is 0 Å². The van der Waals surface area contributed by atoms with Crippen LogP contribution >= 0.6 is 12.4 Å². The fraction of sp³-hybridized carbons (Fsp3) is 0.500. The van der Waals surface area contributed by atoms with Gasteiger partial charge in [-0.3, -0.25) is 4.79 Å². The molecule has 1 aromatic rings. The molecule has 1 aliphatic heterocycles. The van der Waals surface area contributed by atoms with Gasteiger partial charge in [0.1, 0.15) is 11.6 Å². The number of amides is 1. The Labute approximate surface area is 123 Å². The van der Waals surface area contributed by atoms with Crippen LogP contribution in [0.25, 0.3) is 0 Å². The number of hydrogen-bond acceptors (Lipinski definition) is 2. The van der Waals surface area contributed by atoms with Crippen LogP contribution in [-0.2, 0) is 11.2 Å². The summed E-state index contributed by atoms with van der Waals surface area (Å²) in [4.78, 5) is 13.9. The van der Waals surface area contributed by atoms with E-state index >= 15 is 0 Å². The first-order chi connectivity index (χ1) is 9.01. The maximum atomic E-state index is 13.5. The minimum atomic E-state index is -0.671. The first-order valence-corrected chi connectivity index (χ1v) is 6.44. The molecular formula is C14H19ClF2N2O. The van der Waals surface area contributed by atoms with Crippen LogP contribution in [0.5, 0.6) is 0 Å². The van der Waals surface area contributed by atoms with Gasteiger partial charge in [-0.2, -0.15) is 0 Å². The molecule has 0 spiro atoms. The molecule has 0 bridgehead atoms. The molecule has 20 heavy (non-hydrogen) atoms. The van der Waals surface area contributed by atoms with Gasteiger partial charge < -0.3 is 10.6 Å². The van der Waals surface area contributed by atoms with Gasteiger partial charge >= 0.3 is 0 Å². The SMILES string of the molecule is CC1CC(CN)CN1C(=O)Cc1ccc(F)cc1F.Cl. The Balaban J connectivity index is 0.00000200. The number of nitrogens with zero attached hydrogens (tertiary/aromatic N) is 1. The summed E-state index contributed by atoms with van der Waals surface area (Å²) in [6.45, 7) is 3.15. The molecule has 0 aliphatic carbocycles. The molecule has 1 aromatic carbocycles. The molecule has 2 N–H and O–H groups in total. The van der Waals surface area contributed by atoms with Crippen molar-refractivity contribution in [2.24, 2.45) is 11.7 Å². The lowest BCUT2D eigenvalue weighted by Crippen LogP contribution is -2.35. The summed E-state index contributed by atoms with van der Waals surface area (Å²) < 4.78 is 26.3. The maximum absolute atomic E-state index is 13.5. The van der Waals surface area contributed by atoms with Crippen LogP contribution in [0.3, 0.4) is 0 Å². The molecule has 0 saturated carbocycles. The molecule has 1 amide bonds. The van der Waals surface area contributed by atoms with E-state index in [-0.39, 0.29) is 36.3 Å². The Morgan fingerprint density at radius 3 is 2.70 bits per heavy atom. The second-order valence-corrected chi connectivity index (χ2v) is 5.15. The molecule has 2 unspecified atom stereocenters. The van der Waals surface area contributed by atoms with Gasteiger partial charge in [0.15, 0.2) is 0 Å². The predicted molar refractivity (Wildman–Crippen MR) is 75.6 cm³/mol. The van der Waals surface area contributed by atoms with E-state index in [9.17, 15) is 13.6 Å². The lowest BCUT2D eigenvalue weighted by atomic mass is 10.1. The maximum Gasteiger partial charge on any atom is 0.227 e. The molecule has 2 atom stereocenters. The standard InChI is InChI=1S/C14H18F2N2O.ClH/c1-9-4-10(7-17)8-18(9)14(19)5-11-2-3-12(15)6-13(11)16;/h2-3,6,9-10H,4-5,7-8,17H2,1H3;1H. The zero-order valence-electron chi connectivity index (χ0n) is 11.3. The van der Waals surface area contributed by atoms with Crippen molar-refractivity contribution in [2.75, 3.05) is 13.1 Å². The number of carbonyl (C=O) groups is 1. The molecule has 0 radical (unpaired) electrons. The molecule has 3 nitrogen and oxygen atoms in total. The van der Waals surface area contributed by atoms with E-state index in [2.05, 4.69) is 0 Å². The minimum absolute atomic E-state index is 0. The Hall–Kier alpha value is -1.20. The highest BCUT2D eigenvalue weighted by molar-refractivity contribution is 5.85.